The van der Waals surface area contributed by atoms with Crippen molar-refractivity contribution in [2.75, 3.05) is 5.32 Å². The van der Waals surface area contributed by atoms with Crippen molar-refractivity contribution in [2.45, 2.75) is 58.9 Å². The summed E-state index contributed by atoms with van der Waals surface area (Å²) < 4.78 is 0. The van der Waals surface area contributed by atoms with Crippen LogP contribution < -0.4 is 5.32 Å². The maximum atomic E-state index is 8.81. The number of rotatable bonds is 4. The lowest BCUT2D eigenvalue weighted by Gasteiger charge is -2.39. The fourth-order valence-electron chi connectivity index (χ4n) is 3.18. The Balaban J connectivity index is 1.86. The van der Waals surface area contributed by atoms with Gasteiger partial charge in [0.1, 0.15) is 0 Å². The summed E-state index contributed by atoms with van der Waals surface area (Å²) in [6, 6.07) is 10.5. The number of nitrogens with zero attached hydrogens (tertiary/aromatic N) is 1. The van der Waals surface area contributed by atoms with Gasteiger partial charge in [-0.2, -0.15) is 5.26 Å². The highest BCUT2D eigenvalue weighted by Gasteiger charge is 2.31. The van der Waals surface area contributed by atoms with Crippen molar-refractivity contribution < 1.29 is 0 Å². The first-order chi connectivity index (χ1) is 9.55. The number of benzene rings is 1. The fourth-order valence-corrected chi connectivity index (χ4v) is 3.18. The average molecular weight is 270 g/mol. The Kier molecular flexibility index (Phi) is 4.70. The molecule has 2 nitrogen and oxygen atoms in total. The minimum Gasteiger partial charge on any atom is -0.382 e. The Hall–Kier alpha value is -1.49. The van der Waals surface area contributed by atoms with Gasteiger partial charge in [-0.25, -0.2) is 0 Å². The smallest absolute Gasteiger partial charge is 0.0991 e. The zero-order valence-electron chi connectivity index (χ0n) is 12.9. The molecule has 1 aliphatic carbocycles. The predicted molar refractivity (Wildman–Crippen MR) is 84.6 cm³/mol. The standard InChI is InChI=1S/C18H26N2/c1-4-18(2,3)15-7-11-17(12-8-15)20-16-9-5-14(13-19)6-10-16/h5-6,9-10,15,17,20H,4,7-8,11-12H2,1-3H3. The maximum absolute atomic E-state index is 8.81. The van der Waals surface area contributed by atoms with Gasteiger partial charge in [-0.3, -0.25) is 0 Å². The Morgan fingerprint density at radius 1 is 1.15 bits per heavy atom. The Morgan fingerprint density at radius 3 is 2.25 bits per heavy atom. The predicted octanol–water partition coefficient (Wildman–Crippen LogP) is 4.97. The number of nitrogens with one attached hydrogen (secondary N) is 1. The Bertz CT molecular complexity index is 459. The average Bonchev–Trinajstić information content (AvgIpc) is 2.48. The molecule has 1 aromatic carbocycles. The van der Waals surface area contributed by atoms with Crippen LogP contribution in [0.5, 0.6) is 0 Å². The largest absolute Gasteiger partial charge is 0.382 e. The van der Waals surface area contributed by atoms with Crippen LogP contribution in [0.15, 0.2) is 24.3 Å². The quantitative estimate of drug-likeness (QED) is 0.839. The van der Waals surface area contributed by atoms with Crippen LogP contribution in [0.2, 0.25) is 0 Å². The molecule has 0 unspecified atom stereocenters. The second-order valence-corrected chi connectivity index (χ2v) is 6.72. The van der Waals surface area contributed by atoms with Gasteiger partial charge in [-0.05, 0) is 61.3 Å². The van der Waals surface area contributed by atoms with Gasteiger partial charge in [0.25, 0.3) is 0 Å². The van der Waals surface area contributed by atoms with Crippen LogP contribution in [0, 0.1) is 22.7 Å². The monoisotopic (exact) mass is 270 g/mol. The zero-order valence-corrected chi connectivity index (χ0v) is 12.9. The van der Waals surface area contributed by atoms with Gasteiger partial charge in [-0.15, -0.1) is 0 Å². The number of hydrogen-bond acceptors (Lipinski definition) is 2. The summed E-state index contributed by atoms with van der Waals surface area (Å²) in [5, 5.41) is 12.4. The molecule has 0 radical (unpaired) electrons. The van der Waals surface area contributed by atoms with Crippen LogP contribution in [-0.4, -0.2) is 6.04 Å². The molecule has 0 saturated heterocycles. The molecule has 0 heterocycles. The summed E-state index contributed by atoms with van der Waals surface area (Å²) in [5.41, 5.74) is 2.35. The van der Waals surface area contributed by atoms with E-state index in [9.17, 15) is 0 Å². The summed E-state index contributed by atoms with van der Waals surface area (Å²) >= 11 is 0. The van der Waals surface area contributed by atoms with E-state index in [0.717, 1.165) is 17.2 Å². The van der Waals surface area contributed by atoms with Crippen LogP contribution in [0.3, 0.4) is 0 Å². The van der Waals surface area contributed by atoms with Crippen LogP contribution >= 0.6 is 0 Å². The normalized spacial score (nSPS) is 23.1. The molecule has 1 aromatic rings. The molecule has 20 heavy (non-hydrogen) atoms. The summed E-state index contributed by atoms with van der Waals surface area (Å²) in [6.45, 7) is 7.12. The molecule has 2 rings (SSSR count). The van der Waals surface area contributed by atoms with Crippen LogP contribution in [0.25, 0.3) is 0 Å². The molecule has 2 heteroatoms. The summed E-state index contributed by atoms with van der Waals surface area (Å²) in [6.07, 6.45) is 6.44. The highest BCUT2D eigenvalue weighted by atomic mass is 14.9. The third-order valence-electron chi connectivity index (χ3n) is 5.13. The van der Waals surface area contributed by atoms with Crippen molar-refractivity contribution >= 4 is 5.69 Å². The van der Waals surface area contributed by atoms with Gasteiger partial charge in [0, 0.05) is 11.7 Å². The lowest BCUT2D eigenvalue weighted by atomic mass is 9.69. The van der Waals surface area contributed by atoms with E-state index < -0.39 is 0 Å². The molecule has 0 atom stereocenters. The van der Waals surface area contributed by atoms with E-state index in [4.69, 9.17) is 5.26 Å². The van der Waals surface area contributed by atoms with E-state index in [1.54, 1.807) is 0 Å². The first kappa shape index (κ1) is 14.9. The summed E-state index contributed by atoms with van der Waals surface area (Å²) in [7, 11) is 0. The van der Waals surface area contributed by atoms with E-state index in [2.05, 4.69) is 32.2 Å². The molecule has 0 aliphatic heterocycles. The lowest BCUT2D eigenvalue weighted by molar-refractivity contribution is 0.147. The van der Waals surface area contributed by atoms with Crippen molar-refractivity contribution in [1.29, 1.82) is 5.26 Å². The molecule has 0 spiro atoms. The van der Waals surface area contributed by atoms with Gasteiger partial charge in [0.2, 0.25) is 0 Å². The SMILES string of the molecule is CCC(C)(C)C1CCC(Nc2ccc(C#N)cc2)CC1. The van der Waals surface area contributed by atoms with Gasteiger partial charge in [0.05, 0.1) is 11.6 Å². The van der Waals surface area contributed by atoms with Crippen molar-refractivity contribution in [3.8, 4) is 6.07 Å². The van der Waals surface area contributed by atoms with Crippen LogP contribution in [-0.2, 0) is 0 Å². The lowest BCUT2D eigenvalue weighted by Crippen LogP contribution is -2.32. The minimum absolute atomic E-state index is 0.486. The second-order valence-electron chi connectivity index (χ2n) is 6.72. The highest BCUT2D eigenvalue weighted by Crippen LogP contribution is 2.40. The van der Waals surface area contributed by atoms with Crippen molar-refractivity contribution in [2.24, 2.45) is 11.3 Å². The van der Waals surface area contributed by atoms with E-state index in [1.807, 2.05) is 24.3 Å². The highest BCUT2D eigenvalue weighted by molar-refractivity contribution is 5.47. The number of nitriles is 1. The van der Waals surface area contributed by atoms with E-state index in [0.29, 0.717) is 11.5 Å². The van der Waals surface area contributed by atoms with Crippen LogP contribution in [0.4, 0.5) is 5.69 Å². The Labute approximate surface area is 123 Å². The Morgan fingerprint density at radius 2 is 1.75 bits per heavy atom. The molecule has 1 saturated carbocycles. The third kappa shape index (κ3) is 3.54. The molecule has 108 valence electrons. The molecular formula is C18H26N2. The first-order valence-corrected chi connectivity index (χ1v) is 7.82. The van der Waals surface area contributed by atoms with E-state index >= 15 is 0 Å². The molecular weight excluding hydrogens is 244 g/mol. The molecule has 0 aromatic heterocycles. The van der Waals surface area contributed by atoms with Gasteiger partial charge >= 0.3 is 0 Å². The number of anilines is 1. The molecule has 1 aliphatic rings. The molecule has 1 fully saturated rings. The van der Waals surface area contributed by atoms with Crippen LogP contribution in [0.1, 0.15) is 58.4 Å². The summed E-state index contributed by atoms with van der Waals surface area (Å²) in [4.78, 5) is 0. The second kappa shape index (κ2) is 6.31. The summed E-state index contributed by atoms with van der Waals surface area (Å²) in [5.74, 6) is 0.867. The van der Waals surface area contributed by atoms with Gasteiger partial charge in [0.15, 0.2) is 0 Å². The topological polar surface area (TPSA) is 35.8 Å². The van der Waals surface area contributed by atoms with Crippen molar-refractivity contribution in [1.82, 2.24) is 0 Å². The number of hydrogen-bond donors (Lipinski definition) is 1. The minimum atomic E-state index is 0.486. The van der Waals surface area contributed by atoms with E-state index in [1.165, 1.54) is 32.1 Å². The van der Waals surface area contributed by atoms with Crippen molar-refractivity contribution in [3.05, 3.63) is 29.8 Å². The molecule has 0 amide bonds. The fraction of sp³-hybridized carbons (Fsp3) is 0.611. The maximum Gasteiger partial charge on any atom is 0.0991 e. The van der Waals surface area contributed by atoms with E-state index in [-0.39, 0.29) is 0 Å². The third-order valence-corrected chi connectivity index (χ3v) is 5.13. The first-order valence-electron chi connectivity index (χ1n) is 7.82. The molecule has 1 N–H and O–H groups in total. The van der Waals surface area contributed by atoms with Gasteiger partial charge < -0.3 is 5.32 Å². The van der Waals surface area contributed by atoms with Crippen molar-refractivity contribution in [3.63, 3.8) is 0 Å². The van der Waals surface area contributed by atoms with Gasteiger partial charge in [-0.1, -0.05) is 27.2 Å². The zero-order chi connectivity index (χ0) is 14.6. The molecule has 0 bridgehead atoms.